The van der Waals surface area contributed by atoms with Crippen molar-refractivity contribution in [1.29, 1.82) is 0 Å². The molecule has 27 heavy (non-hydrogen) atoms. The van der Waals surface area contributed by atoms with E-state index in [1.54, 1.807) is 38.1 Å². The highest BCUT2D eigenvalue weighted by molar-refractivity contribution is 6.14. The molecule has 0 fully saturated rings. The zero-order valence-electron chi connectivity index (χ0n) is 16.6. The Balaban J connectivity index is 2.09. The number of carbonyl (C=O) groups is 2. The summed E-state index contributed by atoms with van der Waals surface area (Å²) < 4.78 is 5.39. The van der Waals surface area contributed by atoms with Gasteiger partial charge >= 0.3 is 0 Å². The van der Waals surface area contributed by atoms with E-state index in [-0.39, 0.29) is 17.7 Å². The molecular formula is C22H28N2O3. The number of amides is 2. The molecule has 0 heterocycles. The number of nitrogens with one attached hydrogen (secondary N) is 2. The van der Waals surface area contributed by atoms with E-state index < -0.39 is 5.41 Å². The molecule has 0 radical (unpaired) electrons. The van der Waals surface area contributed by atoms with Crippen molar-refractivity contribution in [2.45, 2.75) is 40.5 Å². The molecule has 0 aliphatic heterocycles. The molecule has 0 aliphatic rings. The fourth-order valence-electron chi connectivity index (χ4n) is 2.58. The second kappa shape index (κ2) is 8.71. The van der Waals surface area contributed by atoms with E-state index in [1.165, 1.54) is 0 Å². The number of hydrogen-bond donors (Lipinski definition) is 2. The summed E-state index contributed by atoms with van der Waals surface area (Å²) in [5.74, 6) is 0.283. The first kappa shape index (κ1) is 20.5. The lowest BCUT2D eigenvalue weighted by Crippen LogP contribution is -2.41. The first-order valence-electron chi connectivity index (χ1n) is 9.20. The predicted molar refractivity (Wildman–Crippen MR) is 109 cm³/mol. The highest BCUT2D eigenvalue weighted by Gasteiger charge is 2.36. The monoisotopic (exact) mass is 368 g/mol. The molecule has 0 saturated heterocycles. The van der Waals surface area contributed by atoms with Gasteiger partial charge in [-0.25, -0.2) is 0 Å². The predicted octanol–water partition coefficient (Wildman–Crippen LogP) is 4.81. The van der Waals surface area contributed by atoms with Crippen LogP contribution in [0.2, 0.25) is 0 Å². The van der Waals surface area contributed by atoms with Crippen molar-refractivity contribution >= 4 is 23.2 Å². The summed E-state index contributed by atoms with van der Waals surface area (Å²) in [6.07, 6.45) is 0. The molecule has 0 aliphatic carbocycles. The lowest BCUT2D eigenvalue weighted by Gasteiger charge is -2.24. The zero-order valence-corrected chi connectivity index (χ0v) is 16.6. The van der Waals surface area contributed by atoms with Crippen LogP contribution in [-0.2, 0) is 9.59 Å². The topological polar surface area (TPSA) is 67.4 Å². The maximum Gasteiger partial charge on any atom is 0.239 e. The van der Waals surface area contributed by atoms with Crippen LogP contribution in [-0.4, -0.2) is 18.4 Å². The van der Waals surface area contributed by atoms with E-state index in [4.69, 9.17) is 4.74 Å². The summed E-state index contributed by atoms with van der Waals surface area (Å²) in [7, 11) is 0. The maximum atomic E-state index is 12.8. The van der Waals surface area contributed by atoms with Crippen LogP contribution in [0.1, 0.15) is 46.1 Å². The molecule has 2 aromatic rings. The Morgan fingerprint density at radius 3 is 2.15 bits per heavy atom. The number of anilines is 2. The summed E-state index contributed by atoms with van der Waals surface area (Å²) >= 11 is 0. The SMILES string of the molecule is CCOc1ccc(NC(=O)C(C)(C)C(=O)Nc2ccccc2C(C)C)cc1. The van der Waals surface area contributed by atoms with Gasteiger partial charge in [0.05, 0.1) is 6.61 Å². The van der Waals surface area contributed by atoms with Crippen molar-refractivity contribution in [1.82, 2.24) is 0 Å². The first-order valence-corrected chi connectivity index (χ1v) is 9.20. The molecule has 0 bridgehead atoms. The summed E-state index contributed by atoms with van der Waals surface area (Å²) in [6.45, 7) is 9.85. The van der Waals surface area contributed by atoms with E-state index in [1.807, 2.05) is 31.2 Å². The summed E-state index contributed by atoms with van der Waals surface area (Å²) in [6, 6.07) is 14.7. The number of benzene rings is 2. The van der Waals surface area contributed by atoms with Crippen LogP contribution >= 0.6 is 0 Å². The van der Waals surface area contributed by atoms with Crippen molar-refractivity contribution in [3.8, 4) is 5.75 Å². The minimum absolute atomic E-state index is 0.266. The van der Waals surface area contributed by atoms with E-state index in [9.17, 15) is 9.59 Å². The van der Waals surface area contributed by atoms with Gasteiger partial charge in [-0.05, 0) is 62.6 Å². The second-order valence-corrected chi connectivity index (χ2v) is 7.23. The molecule has 2 amide bonds. The van der Waals surface area contributed by atoms with Crippen LogP contribution in [0.3, 0.4) is 0 Å². The third kappa shape index (κ3) is 5.09. The molecule has 0 saturated carbocycles. The van der Waals surface area contributed by atoms with Crippen molar-refractivity contribution in [2.24, 2.45) is 5.41 Å². The third-order valence-electron chi connectivity index (χ3n) is 4.39. The summed E-state index contributed by atoms with van der Waals surface area (Å²) in [4.78, 5) is 25.5. The second-order valence-electron chi connectivity index (χ2n) is 7.23. The Hall–Kier alpha value is -2.82. The average molecular weight is 368 g/mol. The van der Waals surface area contributed by atoms with E-state index in [0.717, 1.165) is 17.0 Å². The number of carbonyl (C=O) groups excluding carboxylic acids is 2. The molecule has 5 nitrogen and oxygen atoms in total. The first-order chi connectivity index (χ1) is 12.8. The molecule has 0 spiro atoms. The van der Waals surface area contributed by atoms with Crippen molar-refractivity contribution in [2.75, 3.05) is 17.2 Å². The lowest BCUT2D eigenvalue weighted by molar-refractivity contribution is -0.135. The van der Waals surface area contributed by atoms with Gasteiger partial charge in [0.15, 0.2) is 0 Å². The third-order valence-corrected chi connectivity index (χ3v) is 4.39. The summed E-state index contributed by atoms with van der Waals surface area (Å²) in [5.41, 5.74) is 1.16. The van der Waals surface area contributed by atoms with Crippen molar-refractivity contribution in [3.63, 3.8) is 0 Å². The standard InChI is InChI=1S/C22H28N2O3/c1-6-27-17-13-11-16(12-14-17)23-20(25)22(4,5)21(26)24-19-10-8-7-9-18(19)15(2)3/h7-15H,6H2,1-5H3,(H,23,25)(H,24,26). The van der Waals surface area contributed by atoms with Gasteiger partial charge in [0.1, 0.15) is 11.2 Å². The summed E-state index contributed by atoms with van der Waals surface area (Å²) in [5, 5.41) is 5.71. The largest absolute Gasteiger partial charge is 0.494 e. The average Bonchev–Trinajstić information content (AvgIpc) is 2.63. The van der Waals surface area contributed by atoms with Gasteiger partial charge in [-0.15, -0.1) is 0 Å². The van der Waals surface area contributed by atoms with Crippen molar-refractivity contribution < 1.29 is 14.3 Å². The minimum Gasteiger partial charge on any atom is -0.494 e. The molecule has 2 rings (SSSR count). The fraction of sp³-hybridized carbons (Fsp3) is 0.364. The van der Waals surface area contributed by atoms with Crippen molar-refractivity contribution in [3.05, 3.63) is 54.1 Å². The smallest absolute Gasteiger partial charge is 0.239 e. The van der Waals surface area contributed by atoms with Gasteiger partial charge in [-0.1, -0.05) is 32.0 Å². The molecular weight excluding hydrogens is 340 g/mol. The molecule has 2 aromatic carbocycles. The Bertz CT molecular complexity index is 795. The highest BCUT2D eigenvalue weighted by atomic mass is 16.5. The van der Waals surface area contributed by atoms with Crippen LogP contribution in [0.15, 0.2) is 48.5 Å². The van der Waals surface area contributed by atoms with Crippen LogP contribution in [0.25, 0.3) is 0 Å². The van der Waals surface area contributed by atoms with Gasteiger partial charge in [0.25, 0.3) is 0 Å². The van der Waals surface area contributed by atoms with Crippen LogP contribution in [0, 0.1) is 5.41 Å². The zero-order chi connectivity index (χ0) is 20.0. The van der Waals surface area contributed by atoms with Gasteiger partial charge < -0.3 is 15.4 Å². The molecule has 5 heteroatoms. The number of para-hydroxylation sites is 1. The number of hydrogen-bond acceptors (Lipinski definition) is 3. The maximum absolute atomic E-state index is 12.8. The van der Waals surface area contributed by atoms with E-state index >= 15 is 0 Å². The molecule has 2 N–H and O–H groups in total. The van der Waals surface area contributed by atoms with Crippen LogP contribution in [0.5, 0.6) is 5.75 Å². The van der Waals surface area contributed by atoms with Crippen LogP contribution < -0.4 is 15.4 Å². The minimum atomic E-state index is -1.23. The quantitative estimate of drug-likeness (QED) is 0.689. The highest BCUT2D eigenvalue weighted by Crippen LogP contribution is 2.27. The van der Waals surface area contributed by atoms with Gasteiger partial charge in [0.2, 0.25) is 11.8 Å². The van der Waals surface area contributed by atoms with Gasteiger partial charge in [-0.3, -0.25) is 9.59 Å². The lowest BCUT2D eigenvalue weighted by atomic mass is 9.90. The Morgan fingerprint density at radius 2 is 1.56 bits per heavy atom. The Labute approximate surface area is 161 Å². The Kier molecular flexibility index (Phi) is 6.61. The van der Waals surface area contributed by atoms with E-state index in [2.05, 4.69) is 24.5 Å². The molecule has 0 aromatic heterocycles. The normalized spacial score (nSPS) is 11.2. The number of rotatable bonds is 7. The molecule has 144 valence electrons. The van der Waals surface area contributed by atoms with Gasteiger partial charge in [-0.2, -0.15) is 0 Å². The Morgan fingerprint density at radius 1 is 0.963 bits per heavy atom. The fourth-order valence-corrected chi connectivity index (χ4v) is 2.58. The molecule has 0 unspecified atom stereocenters. The van der Waals surface area contributed by atoms with E-state index in [0.29, 0.717) is 12.3 Å². The molecule has 0 atom stereocenters. The number of ether oxygens (including phenoxy) is 1. The van der Waals surface area contributed by atoms with Crippen LogP contribution in [0.4, 0.5) is 11.4 Å². The van der Waals surface area contributed by atoms with Gasteiger partial charge in [0, 0.05) is 11.4 Å².